The van der Waals surface area contributed by atoms with Crippen LogP contribution in [0.1, 0.15) is 18.1 Å². The molecule has 0 saturated heterocycles. The van der Waals surface area contributed by atoms with E-state index >= 15 is 0 Å². The van der Waals surface area contributed by atoms with Crippen molar-refractivity contribution in [3.8, 4) is 11.5 Å². The second-order valence-electron chi connectivity index (χ2n) is 7.21. The third kappa shape index (κ3) is 4.80. The average Bonchev–Trinajstić information content (AvgIpc) is 2.73. The zero-order valence-electron chi connectivity index (χ0n) is 17.8. The van der Waals surface area contributed by atoms with E-state index in [1.165, 1.54) is 20.2 Å². The highest BCUT2D eigenvalue weighted by molar-refractivity contribution is 7.89. The molecule has 0 spiro atoms. The van der Waals surface area contributed by atoms with Crippen LogP contribution in [-0.2, 0) is 26.2 Å². The first-order chi connectivity index (χ1) is 14.6. The molecule has 1 aliphatic heterocycles. The van der Waals surface area contributed by atoms with Crippen LogP contribution in [0.3, 0.4) is 0 Å². The summed E-state index contributed by atoms with van der Waals surface area (Å²) in [5.41, 5.74) is 1.62. The van der Waals surface area contributed by atoms with E-state index in [0.29, 0.717) is 17.0 Å². The standard InChI is InChI=1S/C21H25N3O6S/c1-13-9-16-18(30-14(2)21(26)23-16)10-19(13)31(27,28)24(3)12-20(25)22-11-15-7-5-6-8-17(15)29-4/h5-10,14H,11-12H2,1-4H3,(H,22,25)(H,23,26). The van der Waals surface area contributed by atoms with Crippen LogP contribution in [0.5, 0.6) is 11.5 Å². The summed E-state index contributed by atoms with van der Waals surface area (Å²) in [7, 11) is -1.09. The molecule has 0 radical (unpaired) electrons. The first kappa shape index (κ1) is 22.6. The normalized spacial score (nSPS) is 15.6. The summed E-state index contributed by atoms with van der Waals surface area (Å²) >= 11 is 0. The van der Waals surface area contributed by atoms with Crippen LogP contribution in [0.4, 0.5) is 5.69 Å². The minimum absolute atomic E-state index is 0.00891. The summed E-state index contributed by atoms with van der Waals surface area (Å²) in [6, 6.07) is 10.2. The van der Waals surface area contributed by atoms with Gasteiger partial charge in [-0.15, -0.1) is 0 Å². The van der Waals surface area contributed by atoms with Crippen molar-refractivity contribution < 1.29 is 27.5 Å². The van der Waals surface area contributed by atoms with Crippen LogP contribution in [0.25, 0.3) is 0 Å². The number of aryl methyl sites for hydroxylation is 1. The molecule has 0 fully saturated rings. The van der Waals surface area contributed by atoms with Gasteiger partial charge in [0.05, 0.1) is 24.2 Å². The van der Waals surface area contributed by atoms with E-state index in [0.717, 1.165) is 9.87 Å². The monoisotopic (exact) mass is 447 g/mol. The molecule has 0 bridgehead atoms. The number of methoxy groups -OCH3 is 1. The number of rotatable bonds is 7. The quantitative estimate of drug-likeness (QED) is 0.667. The van der Waals surface area contributed by atoms with Crippen LogP contribution in [-0.4, -0.2) is 51.3 Å². The number of nitrogens with one attached hydrogen (secondary N) is 2. The summed E-state index contributed by atoms with van der Waals surface area (Å²) in [6.07, 6.45) is -0.732. The number of ether oxygens (including phenoxy) is 2. The van der Waals surface area contributed by atoms with Crippen molar-refractivity contribution in [2.24, 2.45) is 0 Å². The van der Waals surface area contributed by atoms with Gasteiger partial charge in [-0.2, -0.15) is 4.31 Å². The van der Waals surface area contributed by atoms with Crippen molar-refractivity contribution in [3.63, 3.8) is 0 Å². The summed E-state index contributed by atoms with van der Waals surface area (Å²) < 4.78 is 37.9. The molecule has 0 saturated carbocycles. The highest BCUT2D eigenvalue weighted by Gasteiger charge is 2.30. The second-order valence-corrected chi connectivity index (χ2v) is 9.23. The molecule has 2 aromatic rings. The molecule has 1 aliphatic rings. The smallest absolute Gasteiger partial charge is 0.265 e. The molecule has 1 unspecified atom stereocenters. The molecule has 0 aromatic heterocycles. The lowest BCUT2D eigenvalue weighted by molar-refractivity contribution is -0.123. The van der Waals surface area contributed by atoms with Gasteiger partial charge in [0.1, 0.15) is 11.5 Å². The summed E-state index contributed by atoms with van der Waals surface area (Å²) in [5.74, 6) is 0.149. The Bertz CT molecular complexity index is 1120. The maximum absolute atomic E-state index is 13.1. The Morgan fingerprint density at radius 3 is 2.71 bits per heavy atom. The fourth-order valence-electron chi connectivity index (χ4n) is 3.17. The Morgan fingerprint density at radius 1 is 1.29 bits per heavy atom. The van der Waals surface area contributed by atoms with E-state index in [1.807, 2.05) is 18.2 Å². The number of benzene rings is 2. The highest BCUT2D eigenvalue weighted by Crippen LogP contribution is 2.35. The predicted molar refractivity (Wildman–Crippen MR) is 115 cm³/mol. The van der Waals surface area contributed by atoms with Gasteiger partial charge in [0, 0.05) is 25.2 Å². The number of carbonyl (C=O) groups is 2. The van der Waals surface area contributed by atoms with Crippen molar-refractivity contribution in [2.45, 2.75) is 31.4 Å². The minimum atomic E-state index is -3.97. The van der Waals surface area contributed by atoms with Gasteiger partial charge < -0.3 is 20.1 Å². The van der Waals surface area contributed by atoms with E-state index in [2.05, 4.69) is 10.6 Å². The maximum atomic E-state index is 13.1. The SMILES string of the molecule is COc1ccccc1CNC(=O)CN(C)S(=O)(=O)c1cc2c(cc1C)NC(=O)C(C)O2. The van der Waals surface area contributed by atoms with Crippen molar-refractivity contribution in [1.82, 2.24) is 9.62 Å². The highest BCUT2D eigenvalue weighted by atomic mass is 32.2. The number of anilines is 1. The number of carbonyl (C=O) groups excluding carboxylic acids is 2. The van der Waals surface area contributed by atoms with E-state index in [-0.39, 0.29) is 29.6 Å². The van der Waals surface area contributed by atoms with Gasteiger partial charge in [0.25, 0.3) is 5.91 Å². The lowest BCUT2D eigenvalue weighted by atomic mass is 10.1. The molecular weight excluding hydrogens is 422 g/mol. The van der Waals surface area contributed by atoms with Crippen LogP contribution in [0, 0.1) is 6.92 Å². The second kappa shape index (κ2) is 8.94. The number of nitrogens with zero attached hydrogens (tertiary/aromatic N) is 1. The van der Waals surface area contributed by atoms with Gasteiger partial charge in [-0.05, 0) is 31.5 Å². The van der Waals surface area contributed by atoms with Crippen LogP contribution >= 0.6 is 0 Å². The fraction of sp³-hybridized carbons (Fsp3) is 0.333. The Balaban J connectivity index is 1.72. The molecule has 1 atom stereocenters. The Kier molecular flexibility index (Phi) is 6.51. The Hall–Kier alpha value is -3.11. The van der Waals surface area contributed by atoms with E-state index in [1.54, 1.807) is 26.0 Å². The molecule has 0 aliphatic carbocycles. The van der Waals surface area contributed by atoms with Crippen LogP contribution in [0.2, 0.25) is 0 Å². The first-order valence-corrected chi connectivity index (χ1v) is 11.0. The zero-order valence-corrected chi connectivity index (χ0v) is 18.6. The summed E-state index contributed by atoms with van der Waals surface area (Å²) in [5, 5.41) is 5.39. The third-order valence-electron chi connectivity index (χ3n) is 4.93. The molecule has 3 rings (SSSR count). The molecule has 10 heteroatoms. The molecular formula is C21H25N3O6S. The Morgan fingerprint density at radius 2 is 2.00 bits per heavy atom. The number of para-hydroxylation sites is 1. The molecule has 1 heterocycles. The van der Waals surface area contributed by atoms with Crippen molar-refractivity contribution in [1.29, 1.82) is 0 Å². The zero-order chi connectivity index (χ0) is 22.8. The number of likely N-dealkylation sites (N-methyl/N-ethyl adjacent to an activating group) is 1. The van der Waals surface area contributed by atoms with Crippen molar-refractivity contribution in [3.05, 3.63) is 47.5 Å². The molecule has 2 amide bonds. The number of hydrogen-bond donors (Lipinski definition) is 2. The van der Waals surface area contributed by atoms with Crippen LogP contribution in [0.15, 0.2) is 41.3 Å². The van der Waals surface area contributed by atoms with Crippen LogP contribution < -0.4 is 20.1 Å². The first-order valence-electron chi connectivity index (χ1n) is 9.60. The topological polar surface area (TPSA) is 114 Å². The molecule has 31 heavy (non-hydrogen) atoms. The van der Waals surface area contributed by atoms with E-state index < -0.39 is 22.0 Å². The summed E-state index contributed by atoms with van der Waals surface area (Å²) in [4.78, 5) is 24.1. The lowest BCUT2D eigenvalue weighted by Crippen LogP contribution is -2.38. The number of fused-ring (bicyclic) bond motifs is 1. The average molecular weight is 448 g/mol. The van der Waals surface area contributed by atoms with E-state index in [4.69, 9.17) is 9.47 Å². The number of amides is 2. The predicted octanol–water partition coefficient (Wildman–Crippen LogP) is 1.66. The molecule has 2 N–H and O–H groups in total. The third-order valence-corrected chi connectivity index (χ3v) is 6.88. The van der Waals surface area contributed by atoms with Gasteiger partial charge in [-0.3, -0.25) is 9.59 Å². The largest absolute Gasteiger partial charge is 0.496 e. The van der Waals surface area contributed by atoms with Gasteiger partial charge in [-0.1, -0.05) is 18.2 Å². The van der Waals surface area contributed by atoms with Crippen molar-refractivity contribution >= 4 is 27.5 Å². The van der Waals surface area contributed by atoms with E-state index in [9.17, 15) is 18.0 Å². The van der Waals surface area contributed by atoms with Crippen molar-refractivity contribution in [2.75, 3.05) is 26.0 Å². The fourth-order valence-corrected chi connectivity index (χ4v) is 4.52. The van der Waals surface area contributed by atoms with Gasteiger partial charge in [0.15, 0.2) is 6.10 Å². The molecule has 2 aromatic carbocycles. The van der Waals surface area contributed by atoms with Gasteiger partial charge in [-0.25, -0.2) is 8.42 Å². The van der Waals surface area contributed by atoms with Gasteiger partial charge >= 0.3 is 0 Å². The minimum Gasteiger partial charge on any atom is -0.496 e. The number of hydrogen-bond acceptors (Lipinski definition) is 6. The molecule has 9 nitrogen and oxygen atoms in total. The summed E-state index contributed by atoms with van der Waals surface area (Å²) in [6.45, 7) is 3.04. The lowest BCUT2D eigenvalue weighted by Gasteiger charge is -2.25. The molecule has 166 valence electrons. The Labute approximate surface area is 181 Å². The van der Waals surface area contributed by atoms with Gasteiger partial charge in [0.2, 0.25) is 15.9 Å². The maximum Gasteiger partial charge on any atom is 0.265 e. The number of sulfonamides is 1.